The van der Waals surface area contributed by atoms with Gasteiger partial charge in [0.05, 0.1) is 24.2 Å². The molecular formula is C28H28CoN2O2+4. The summed E-state index contributed by atoms with van der Waals surface area (Å²) in [4.78, 5) is 8.66. The van der Waals surface area contributed by atoms with Gasteiger partial charge in [-0.2, -0.15) is 0 Å². The number of hydrogen-bond donors (Lipinski definition) is 0. The van der Waals surface area contributed by atoms with E-state index in [-0.39, 0.29) is 16.8 Å². The van der Waals surface area contributed by atoms with Crippen molar-refractivity contribution in [2.24, 2.45) is 9.98 Å². The Morgan fingerprint density at radius 1 is 0.485 bits per heavy atom. The molecule has 4 nitrogen and oxygen atoms in total. The molecule has 0 unspecified atom stereocenters. The van der Waals surface area contributed by atoms with Crippen molar-refractivity contribution in [2.45, 2.75) is 13.1 Å². The summed E-state index contributed by atoms with van der Waals surface area (Å²) in [6, 6.07) is 35.1. The first-order valence-corrected chi connectivity index (χ1v) is 10.4. The van der Waals surface area contributed by atoms with Gasteiger partial charge in [-0.25, -0.2) is 0 Å². The first-order valence-electron chi connectivity index (χ1n) is 10.4. The van der Waals surface area contributed by atoms with E-state index in [1.54, 1.807) is 24.6 Å². The molecule has 0 saturated carbocycles. The van der Waals surface area contributed by atoms with E-state index in [0.717, 1.165) is 11.1 Å². The average Bonchev–Trinajstić information content (AvgIpc) is 2.83. The zero-order valence-corrected chi connectivity index (χ0v) is 19.2. The maximum Gasteiger partial charge on any atom is 2.00 e. The van der Waals surface area contributed by atoms with Crippen molar-refractivity contribution < 1.29 is 27.0 Å². The summed E-state index contributed by atoms with van der Waals surface area (Å²) in [5.41, 5.74) is 4.08. The number of nitrogens with zero attached hydrogens (tertiary/aromatic N) is 2. The Kier molecular flexibility index (Phi) is 11.2. The van der Waals surface area contributed by atoms with Crippen LogP contribution in [0, 0.1) is 0 Å². The van der Waals surface area contributed by atoms with Crippen LogP contribution in [0.3, 0.4) is 0 Å². The number of aliphatic imine (C=N–C) groups is 2. The fourth-order valence-corrected chi connectivity index (χ4v) is 2.88. The van der Waals surface area contributed by atoms with Gasteiger partial charge in [-0.05, 0) is 23.3 Å². The minimum Gasteiger partial charge on any atom is -0.593 e. The predicted molar refractivity (Wildman–Crippen MR) is 134 cm³/mol. The van der Waals surface area contributed by atoms with Crippen LogP contribution in [-0.4, -0.2) is 22.6 Å². The van der Waals surface area contributed by atoms with Gasteiger partial charge in [0.15, 0.2) is 0 Å². The van der Waals surface area contributed by atoms with Crippen LogP contribution in [0.2, 0.25) is 0 Å². The van der Waals surface area contributed by atoms with Gasteiger partial charge < -0.3 is 10.2 Å². The minimum absolute atomic E-state index is 0. The van der Waals surface area contributed by atoms with Gasteiger partial charge in [-0.3, -0.25) is 9.98 Å². The van der Waals surface area contributed by atoms with Gasteiger partial charge in [0, 0.05) is 24.6 Å². The molecule has 0 fully saturated rings. The molecule has 4 N–H and O–H groups in total. The Bertz CT molecular complexity index is 1050. The van der Waals surface area contributed by atoms with Gasteiger partial charge in [-0.1, -0.05) is 84.9 Å². The summed E-state index contributed by atoms with van der Waals surface area (Å²) in [6.07, 6.45) is 3.52. The Balaban J connectivity index is 0.000000227. The molecule has 0 aliphatic carbocycles. The second kappa shape index (κ2) is 14.4. The average molecular weight is 483 g/mol. The molecule has 0 aliphatic rings. The molecule has 5 heteroatoms. The second-order valence-corrected chi connectivity index (χ2v) is 7.09. The van der Waals surface area contributed by atoms with Crippen molar-refractivity contribution in [3.05, 3.63) is 131 Å². The molecule has 0 atom stereocenters. The molecule has 4 aromatic rings. The molecule has 0 heterocycles. The molecule has 4 rings (SSSR count). The van der Waals surface area contributed by atoms with E-state index < -0.39 is 0 Å². The van der Waals surface area contributed by atoms with Crippen LogP contribution in [0.25, 0.3) is 0 Å². The molecule has 0 aromatic heterocycles. The zero-order chi connectivity index (χ0) is 22.4. The fourth-order valence-electron chi connectivity index (χ4n) is 2.88. The molecule has 167 valence electrons. The summed E-state index contributed by atoms with van der Waals surface area (Å²) < 4.78 is 0. The third-order valence-electron chi connectivity index (χ3n) is 4.62. The number of hydrogen-bond acceptors (Lipinski definition) is 2. The van der Waals surface area contributed by atoms with Crippen LogP contribution in [0.15, 0.2) is 119 Å². The molecule has 4 aromatic carbocycles. The molecule has 0 saturated heterocycles. The molecule has 0 bridgehead atoms. The summed E-state index contributed by atoms with van der Waals surface area (Å²) in [7, 11) is 0. The molecule has 0 aliphatic heterocycles. The predicted octanol–water partition coefficient (Wildman–Crippen LogP) is 5.48. The van der Waals surface area contributed by atoms with Crippen LogP contribution in [0.1, 0.15) is 22.3 Å². The monoisotopic (exact) mass is 483 g/mol. The normalized spacial score (nSPS) is 10.4. The Labute approximate surface area is 205 Å². The van der Waals surface area contributed by atoms with Crippen molar-refractivity contribution >= 4 is 12.4 Å². The Morgan fingerprint density at radius 2 is 0.818 bits per heavy atom. The zero-order valence-electron chi connectivity index (χ0n) is 18.2. The van der Waals surface area contributed by atoms with Crippen molar-refractivity contribution in [1.82, 2.24) is 0 Å². The molecule has 0 amide bonds. The van der Waals surface area contributed by atoms with Crippen molar-refractivity contribution in [1.29, 1.82) is 0 Å². The minimum atomic E-state index is 0. The summed E-state index contributed by atoms with van der Waals surface area (Å²) in [5.74, 6) is 1.03. The van der Waals surface area contributed by atoms with Crippen LogP contribution in [0.4, 0.5) is 0 Å². The molecule has 0 spiro atoms. The second-order valence-electron chi connectivity index (χ2n) is 7.09. The third kappa shape index (κ3) is 9.15. The van der Waals surface area contributed by atoms with Crippen LogP contribution >= 0.6 is 0 Å². The van der Waals surface area contributed by atoms with E-state index in [1.165, 1.54) is 11.1 Å². The smallest absolute Gasteiger partial charge is 0.593 e. The number of rotatable bonds is 6. The van der Waals surface area contributed by atoms with Gasteiger partial charge >= 0.3 is 16.8 Å². The molecule has 33 heavy (non-hydrogen) atoms. The van der Waals surface area contributed by atoms with Crippen molar-refractivity contribution in [3.63, 3.8) is 0 Å². The maximum atomic E-state index is 7.66. The van der Waals surface area contributed by atoms with Crippen LogP contribution in [0.5, 0.6) is 11.5 Å². The Hall–Kier alpha value is -3.67. The molecule has 1 radical (unpaired) electrons. The Morgan fingerprint density at radius 3 is 1.18 bits per heavy atom. The first kappa shape index (κ1) is 25.6. The topological polar surface area (TPSA) is 70.5 Å². The van der Waals surface area contributed by atoms with E-state index in [4.69, 9.17) is 10.2 Å². The van der Waals surface area contributed by atoms with Gasteiger partial charge in [0.25, 0.3) is 11.5 Å². The van der Waals surface area contributed by atoms with Crippen LogP contribution in [-0.2, 0) is 29.9 Å². The first-order chi connectivity index (χ1) is 15.7. The van der Waals surface area contributed by atoms with E-state index in [9.17, 15) is 0 Å². The SMILES string of the molecule is [Co+2].[OH2+]c1ccccc1C=NCc1ccccc1.[OH2+]c1ccccc1C=NCc1ccccc1. The number of para-hydroxylation sites is 2. The van der Waals surface area contributed by atoms with Crippen molar-refractivity contribution in [3.8, 4) is 11.5 Å². The van der Waals surface area contributed by atoms with Gasteiger partial charge in [0.1, 0.15) is 0 Å². The van der Waals surface area contributed by atoms with E-state index >= 15 is 0 Å². The number of benzene rings is 4. The van der Waals surface area contributed by atoms with Gasteiger partial charge in [-0.15, -0.1) is 0 Å². The summed E-state index contributed by atoms with van der Waals surface area (Å²) in [5, 5.41) is 15.3. The van der Waals surface area contributed by atoms with Crippen molar-refractivity contribution in [2.75, 3.05) is 0 Å². The van der Waals surface area contributed by atoms with E-state index in [1.807, 2.05) is 97.1 Å². The quantitative estimate of drug-likeness (QED) is 0.257. The third-order valence-corrected chi connectivity index (χ3v) is 4.62. The standard InChI is InChI=1S/2C14H13NO.Co/c2*16-14-9-5-4-8-13(14)11-15-10-12-6-2-1-3-7-12;/h2*1-9,11,16H,10H2;/q;;+2/p+2. The maximum absolute atomic E-state index is 7.66. The largest absolute Gasteiger partial charge is 2.00 e. The van der Waals surface area contributed by atoms with E-state index in [2.05, 4.69) is 9.98 Å². The van der Waals surface area contributed by atoms with E-state index in [0.29, 0.717) is 24.6 Å². The summed E-state index contributed by atoms with van der Waals surface area (Å²) in [6.45, 7) is 1.32. The summed E-state index contributed by atoms with van der Waals surface area (Å²) >= 11 is 0. The fraction of sp³-hybridized carbons (Fsp3) is 0.0714. The van der Waals surface area contributed by atoms with Gasteiger partial charge in [0.2, 0.25) is 0 Å². The molecular weight excluding hydrogens is 455 g/mol. The van der Waals surface area contributed by atoms with Crippen LogP contribution < -0.4 is 0 Å².